The van der Waals surface area contributed by atoms with Crippen LogP contribution in [-0.4, -0.2) is 20.4 Å². The Bertz CT molecular complexity index is 1140. The molecule has 1 unspecified atom stereocenters. The fraction of sp³-hybridized carbons (Fsp3) is 0.136. The van der Waals surface area contributed by atoms with Crippen molar-refractivity contribution in [2.75, 3.05) is 5.32 Å². The van der Waals surface area contributed by atoms with Gasteiger partial charge in [-0.3, -0.25) is 4.79 Å². The molecule has 1 aliphatic carbocycles. The zero-order valence-corrected chi connectivity index (χ0v) is 16.2. The zero-order valence-electron chi connectivity index (χ0n) is 15.3. The van der Waals surface area contributed by atoms with E-state index in [0.717, 1.165) is 12.0 Å². The van der Waals surface area contributed by atoms with Gasteiger partial charge in [0.05, 0.1) is 10.9 Å². The summed E-state index contributed by atoms with van der Waals surface area (Å²) in [5, 5.41) is 2.81. The minimum absolute atomic E-state index is 0.130. The molecule has 0 spiro atoms. The Labute approximate surface area is 164 Å². The standard InChI is InChI=1S/C22H20N2O3S/c1-15(24-28(26,27)19-8-3-2-4-9-19)22(25)23-18-11-12-21-17(14-18)13-16-7-5-6-10-20(16)21/h2-12,14-15,24H,13H2,1H3,(H,23,25). The lowest BCUT2D eigenvalue weighted by atomic mass is 10.1. The molecule has 1 atom stereocenters. The van der Waals surface area contributed by atoms with E-state index in [-0.39, 0.29) is 4.90 Å². The summed E-state index contributed by atoms with van der Waals surface area (Å²) in [6.45, 7) is 1.53. The average molecular weight is 392 g/mol. The van der Waals surface area contributed by atoms with Crippen LogP contribution in [0.4, 0.5) is 5.69 Å². The lowest BCUT2D eigenvalue weighted by Crippen LogP contribution is -2.41. The van der Waals surface area contributed by atoms with Gasteiger partial charge in [-0.1, -0.05) is 48.5 Å². The Kier molecular flexibility index (Phi) is 4.75. The molecular weight excluding hydrogens is 372 g/mol. The summed E-state index contributed by atoms with van der Waals surface area (Å²) in [6, 6.07) is 21.1. The second-order valence-corrected chi connectivity index (χ2v) is 8.57. The number of amides is 1. The van der Waals surface area contributed by atoms with Crippen LogP contribution in [0.5, 0.6) is 0 Å². The minimum atomic E-state index is -3.75. The Morgan fingerprint density at radius 1 is 0.893 bits per heavy atom. The van der Waals surface area contributed by atoms with Crippen molar-refractivity contribution < 1.29 is 13.2 Å². The van der Waals surface area contributed by atoms with E-state index in [1.165, 1.54) is 35.7 Å². The van der Waals surface area contributed by atoms with Gasteiger partial charge in [0.15, 0.2) is 0 Å². The van der Waals surface area contributed by atoms with Gasteiger partial charge in [-0.2, -0.15) is 4.72 Å². The van der Waals surface area contributed by atoms with Crippen LogP contribution in [0.1, 0.15) is 18.1 Å². The molecule has 4 rings (SSSR count). The summed E-state index contributed by atoms with van der Waals surface area (Å²) in [4.78, 5) is 12.6. The van der Waals surface area contributed by atoms with Crippen molar-refractivity contribution in [1.29, 1.82) is 0 Å². The molecule has 0 fully saturated rings. The molecule has 6 heteroatoms. The molecule has 3 aromatic rings. The molecule has 0 bridgehead atoms. The Morgan fingerprint density at radius 3 is 2.36 bits per heavy atom. The normalized spacial score (nSPS) is 13.5. The van der Waals surface area contributed by atoms with Crippen LogP contribution in [0.25, 0.3) is 11.1 Å². The highest BCUT2D eigenvalue weighted by Crippen LogP contribution is 2.37. The predicted octanol–water partition coefficient (Wildman–Crippen LogP) is 3.56. The number of benzene rings is 3. The van der Waals surface area contributed by atoms with E-state index in [0.29, 0.717) is 5.69 Å². The van der Waals surface area contributed by atoms with Crippen molar-refractivity contribution >= 4 is 21.6 Å². The van der Waals surface area contributed by atoms with Crippen LogP contribution in [0.3, 0.4) is 0 Å². The van der Waals surface area contributed by atoms with E-state index in [4.69, 9.17) is 0 Å². The van der Waals surface area contributed by atoms with E-state index in [1.54, 1.807) is 18.2 Å². The van der Waals surface area contributed by atoms with Gasteiger partial charge < -0.3 is 5.32 Å². The molecule has 1 aliphatic rings. The van der Waals surface area contributed by atoms with Crippen molar-refractivity contribution in [2.24, 2.45) is 0 Å². The summed E-state index contributed by atoms with van der Waals surface area (Å²) >= 11 is 0. The third kappa shape index (κ3) is 3.56. The van der Waals surface area contributed by atoms with Gasteiger partial charge in [-0.05, 0) is 59.9 Å². The largest absolute Gasteiger partial charge is 0.325 e. The molecular formula is C22H20N2O3S. The molecule has 0 heterocycles. The molecule has 2 N–H and O–H groups in total. The molecule has 0 aromatic heterocycles. The van der Waals surface area contributed by atoms with E-state index in [9.17, 15) is 13.2 Å². The summed E-state index contributed by atoms with van der Waals surface area (Å²) < 4.78 is 27.2. The number of anilines is 1. The molecule has 3 aromatic carbocycles. The number of fused-ring (bicyclic) bond motifs is 3. The van der Waals surface area contributed by atoms with Gasteiger partial charge in [0.1, 0.15) is 0 Å². The van der Waals surface area contributed by atoms with Gasteiger partial charge >= 0.3 is 0 Å². The number of sulfonamides is 1. The van der Waals surface area contributed by atoms with Crippen molar-refractivity contribution in [2.45, 2.75) is 24.3 Å². The average Bonchev–Trinajstić information content (AvgIpc) is 3.06. The van der Waals surface area contributed by atoms with Gasteiger partial charge in [-0.15, -0.1) is 0 Å². The van der Waals surface area contributed by atoms with Gasteiger partial charge in [0.2, 0.25) is 15.9 Å². The maximum Gasteiger partial charge on any atom is 0.242 e. The van der Waals surface area contributed by atoms with Gasteiger partial charge in [0.25, 0.3) is 0 Å². The van der Waals surface area contributed by atoms with Gasteiger partial charge in [-0.25, -0.2) is 8.42 Å². The van der Waals surface area contributed by atoms with Crippen LogP contribution in [0.15, 0.2) is 77.7 Å². The minimum Gasteiger partial charge on any atom is -0.325 e. The first-order valence-electron chi connectivity index (χ1n) is 9.03. The number of rotatable bonds is 5. The highest BCUT2D eigenvalue weighted by atomic mass is 32.2. The first kappa shape index (κ1) is 18.4. The maximum atomic E-state index is 12.5. The number of hydrogen-bond acceptors (Lipinski definition) is 3. The number of carbonyl (C=O) groups excluding carboxylic acids is 1. The summed E-state index contributed by atoms with van der Waals surface area (Å²) in [7, 11) is -3.75. The van der Waals surface area contributed by atoms with E-state index >= 15 is 0 Å². The maximum absolute atomic E-state index is 12.5. The molecule has 5 nitrogen and oxygen atoms in total. The highest BCUT2D eigenvalue weighted by molar-refractivity contribution is 7.89. The second kappa shape index (κ2) is 7.22. The van der Waals surface area contributed by atoms with Gasteiger partial charge in [0, 0.05) is 5.69 Å². The molecule has 0 saturated carbocycles. The van der Waals surface area contributed by atoms with Crippen LogP contribution in [0, 0.1) is 0 Å². The van der Waals surface area contributed by atoms with E-state index < -0.39 is 22.0 Å². The number of carbonyl (C=O) groups is 1. The highest BCUT2D eigenvalue weighted by Gasteiger charge is 2.23. The van der Waals surface area contributed by atoms with Crippen molar-refractivity contribution in [3.8, 4) is 11.1 Å². The monoisotopic (exact) mass is 392 g/mol. The molecule has 0 saturated heterocycles. The quantitative estimate of drug-likeness (QED) is 0.545. The molecule has 28 heavy (non-hydrogen) atoms. The zero-order chi connectivity index (χ0) is 19.7. The molecule has 142 valence electrons. The van der Waals surface area contributed by atoms with Crippen LogP contribution >= 0.6 is 0 Å². The van der Waals surface area contributed by atoms with Crippen molar-refractivity contribution in [3.05, 3.63) is 83.9 Å². The molecule has 0 radical (unpaired) electrons. The fourth-order valence-electron chi connectivity index (χ4n) is 3.43. The second-order valence-electron chi connectivity index (χ2n) is 6.85. The predicted molar refractivity (Wildman–Crippen MR) is 110 cm³/mol. The van der Waals surface area contributed by atoms with E-state index in [2.05, 4.69) is 22.2 Å². The first-order chi connectivity index (χ1) is 13.4. The lowest BCUT2D eigenvalue weighted by molar-refractivity contribution is -0.117. The molecule has 0 aliphatic heterocycles. The van der Waals surface area contributed by atoms with Crippen molar-refractivity contribution in [3.63, 3.8) is 0 Å². The number of nitrogens with one attached hydrogen (secondary N) is 2. The summed E-state index contributed by atoms with van der Waals surface area (Å²) in [5.74, 6) is -0.407. The van der Waals surface area contributed by atoms with E-state index in [1.807, 2.05) is 30.3 Å². The third-order valence-electron chi connectivity index (χ3n) is 4.84. The van der Waals surface area contributed by atoms with Crippen LogP contribution < -0.4 is 10.0 Å². The first-order valence-corrected chi connectivity index (χ1v) is 10.5. The number of hydrogen-bond donors (Lipinski definition) is 2. The van der Waals surface area contributed by atoms with Crippen LogP contribution in [-0.2, 0) is 21.2 Å². The molecule has 1 amide bonds. The lowest BCUT2D eigenvalue weighted by Gasteiger charge is -2.15. The van der Waals surface area contributed by atoms with Crippen molar-refractivity contribution in [1.82, 2.24) is 4.72 Å². The topological polar surface area (TPSA) is 75.3 Å². The summed E-state index contributed by atoms with van der Waals surface area (Å²) in [5.41, 5.74) is 5.47. The van der Waals surface area contributed by atoms with Crippen LogP contribution in [0.2, 0.25) is 0 Å². The third-order valence-corrected chi connectivity index (χ3v) is 6.40. The smallest absolute Gasteiger partial charge is 0.242 e. The Morgan fingerprint density at radius 2 is 1.57 bits per heavy atom. The SMILES string of the molecule is CC(NS(=O)(=O)c1ccccc1)C(=O)Nc1ccc2c(c1)Cc1ccccc1-2. The Balaban J connectivity index is 1.46. The Hall–Kier alpha value is -2.96. The summed E-state index contributed by atoms with van der Waals surface area (Å²) in [6.07, 6.45) is 0.825. The fourth-order valence-corrected chi connectivity index (χ4v) is 4.65.